The molecule has 2 N–H and O–H groups in total. The molecule has 8 heteroatoms. The summed E-state index contributed by atoms with van der Waals surface area (Å²) in [4.78, 5) is 28.4. The molecule has 3 atom stereocenters. The number of carbonyl (C=O) groups is 2. The standard InChI is InChI=1S/C22H28N4O4.C5H10/c1-14-20(15(2)30-24-14)21(27)26-12-17-10-25(11-18(17)13-26)9-8-19(23-22(28)29)16-6-4-3-5-7-16;1-2-4-5-3-1/h3-7,17-19,23H,8-13H2,1-2H3,(H,28,29);1-5H2/t17-,18?,19?;/m0./s1. The Morgan fingerprint density at radius 2 is 1.63 bits per heavy atom. The number of hydrogen-bond acceptors (Lipinski definition) is 5. The number of carbonyl (C=O) groups excluding carboxylic acids is 1. The van der Waals surface area contributed by atoms with E-state index in [-0.39, 0.29) is 11.9 Å². The van der Waals surface area contributed by atoms with Crippen LogP contribution in [0.1, 0.15) is 71.9 Å². The summed E-state index contributed by atoms with van der Waals surface area (Å²) >= 11 is 0. The number of benzene rings is 1. The van der Waals surface area contributed by atoms with Crippen LogP contribution >= 0.6 is 0 Å². The highest BCUT2D eigenvalue weighted by Gasteiger charge is 2.42. The molecule has 3 heterocycles. The van der Waals surface area contributed by atoms with Crippen molar-refractivity contribution in [2.45, 2.75) is 58.4 Å². The molecule has 190 valence electrons. The molecule has 8 nitrogen and oxygen atoms in total. The minimum absolute atomic E-state index is 0.0157. The van der Waals surface area contributed by atoms with Crippen LogP contribution in [-0.2, 0) is 0 Å². The van der Waals surface area contributed by atoms with Gasteiger partial charge in [0.15, 0.2) is 0 Å². The number of carboxylic acid groups (broad SMARTS) is 1. The topological polar surface area (TPSA) is 98.9 Å². The first-order valence-corrected chi connectivity index (χ1v) is 12.9. The highest BCUT2D eigenvalue weighted by Crippen LogP contribution is 2.33. The van der Waals surface area contributed by atoms with Gasteiger partial charge < -0.3 is 24.7 Å². The van der Waals surface area contributed by atoms with Gasteiger partial charge in [-0.05, 0) is 37.7 Å². The molecular weight excluding hydrogens is 444 g/mol. The lowest BCUT2D eigenvalue weighted by atomic mass is 10.0. The number of nitrogens with zero attached hydrogens (tertiary/aromatic N) is 3. The molecule has 1 aromatic carbocycles. The van der Waals surface area contributed by atoms with E-state index in [4.69, 9.17) is 4.52 Å². The zero-order valence-electron chi connectivity index (χ0n) is 20.9. The third-order valence-corrected chi connectivity index (χ3v) is 7.58. The molecule has 2 amide bonds. The predicted octanol–water partition coefficient (Wildman–Crippen LogP) is 4.64. The van der Waals surface area contributed by atoms with Crippen LogP contribution in [0.5, 0.6) is 0 Å². The third kappa shape index (κ3) is 6.42. The Kier molecular flexibility index (Phi) is 8.44. The van der Waals surface area contributed by atoms with E-state index in [9.17, 15) is 14.7 Å². The van der Waals surface area contributed by atoms with Crippen molar-refractivity contribution in [1.82, 2.24) is 20.3 Å². The van der Waals surface area contributed by atoms with Crippen molar-refractivity contribution in [3.05, 3.63) is 52.9 Å². The van der Waals surface area contributed by atoms with Gasteiger partial charge in [0.05, 0.1) is 11.7 Å². The summed E-state index contributed by atoms with van der Waals surface area (Å²) in [5, 5.41) is 15.7. The lowest BCUT2D eigenvalue weighted by Crippen LogP contribution is -2.35. The van der Waals surface area contributed by atoms with E-state index in [1.54, 1.807) is 13.8 Å². The van der Waals surface area contributed by atoms with Crippen molar-refractivity contribution in [2.75, 3.05) is 32.7 Å². The minimum Gasteiger partial charge on any atom is -0.465 e. The molecule has 3 fully saturated rings. The largest absolute Gasteiger partial charge is 0.465 e. The molecule has 2 saturated heterocycles. The fourth-order valence-electron chi connectivity index (χ4n) is 5.74. The highest BCUT2D eigenvalue weighted by atomic mass is 16.5. The van der Waals surface area contributed by atoms with Gasteiger partial charge in [0, 0.05) is 32.7 Å². The molecule has 1 aliphatic carbocycles. The van der Waals surface area contributed by atoms with Gasteiger partial charge in [0.2, 0.25) is 0 Å². The summed E-state index contributed by atoms with van der Waals surface area (Å²) in [5.74, 6) is 1.50. The van der Waals surface area contributed by atoms with Crippen LogP contribution in [0.3, 0.4) is 0 Å². The summed E-state index contributed by atoms with van der Waals surface area (Å²) in [6.07, 6.45) is 7.22. The average molecular weight is 483 g/mol. The van der Waals surface area contributed by atoms with E-state index in [2.05, 4.69) is 15.4 Å². The van der Waals surface area contributed by atoms with Crippen LogP contribution in [0.2, 0.25) is 0 Å². The van der Waals surface area contributed by atoms with Gasteiger partial charge in [0.1, 0.15) is 11.3 Å². The number of likely N-dealkylation sites (tertiary alicyclic amines) is 2. The second kappa shape index (κ2) is 11.7. The van der Waals surface area contributed by atoms with Crippen LogP contribution in [-0.4, -0.2) is 64.8 Å². The van der Waals surface area contributed by atoms with E-state index >= 15 is 0 Å². The van der Waals surface area contributed by atoms with E-state index in [0.29, 0.717) is 28.9 Å². The molecular formula is C27H38N4O4. The van der Waals surface area contributed by atoms with Crippen LogP contribution in [0, 0.1) is 25.7 Å². The van der Waals surface area contributed by atoms with Gasteiger partial charge in [-0.25, -0.2) is 4.79 Å². The first-order chi connectivity index (χ1) is 16.9. The molecule has 2 aliphatic heterocycles. The Balaban J connectivity index is 0.000000514. The number of amides is 2. The average Bonchev–Trinajstić information content (AvgIpc) is 3.63. The second-order valence-corrected chi connectivity index (χ2v) is 10.2. The Labute approximate surface area is 207 Å². The first kappa shape index (κ1) is 25.2. The molecule has 1 aromatic heterocycles. The quantitative estimate of drug-likeness (QED) is 0.622. The van der Waals surface area contributed by atoms with E-state index in [0.717, 1.165) is 44.7 Å². The summed E-state index contributed by atoms with van der Waals surface area (Å²) in [6.45, 7) is 7.77. The van der Waals surface area contributed by atoms with E-state index in [1.165, 1.54) is 32.1 Å². The summed E-state index contributed by atoms with van der Waals surface area (Å²) < 4.78 is 5.15. The number of aromatic nitrogens is 1. The number of fused-ring (bicyclic) bond motifs is 1. The van der Waals surface area contributed by atoms with Crippen molar-refractivity contribution in [1.29, 1.82) is 0 Å². The normalized spacial score (nSPS) is 22.4. The Hall–Kier alpha value is -2.87. The highest BCUT2D eigenvalue weighted by molar-refractivity contribution is 5.96. The third-order valence-electron chi connectivity index (χ3n) is 7.58. The molecule has 2 aromatic rings. The van der Waals surface area contributed by atoms with Crippen molar-refractivity contribution in [3.63, 3.8) is 0 Å². The Morgan fingerprint density at radius 3 is 2.14 bits per heavy atom. The molecule has 2 unspecified atom stereocenters. The molecule has 3 aliphatic rings. The molecule has 1 saturated carbocycles. The van der Waals surface area contributed by atoms with Gasteiger partial charge in [-0.3, -0.25) is 4.79 Å². The van der Waals surface area contributed by atoms with Crippen molar-refractivity contribution >= 4 is 12.0 Å². The maximum Gasteiger partial charge on any atom is 0.405 e. The maximum absolute atomic E-state index is 12.9. The molecule has 0 bridgehead atoms. The van der Waals surface area contributed by atoms with Crippen LogP contribution < -0.4 is 5.32 Å². The number of hydrogen-bond donors (Lipinski definition) is 2. The van der Waals surface area contributed by atoms with E-state index < -0.39 is 6.09 Å². The molecule has 0 spiro atoms. The monoisotopic (exact) mass is 482 g/mol. The van der Waals surface area contributed by atoms with E-state index in [1.807, 2.05) is 35.2 Å². The van der Waals surface area contributed by atoms with Crippen molar-refractivity contribution in [2.24, 2.45) is 11.8 Å². The lowest BCUT2D eigenvalue weighted by Gasteiger charge is -2.24. The number of rotatable bonds is 6. The second-order valence-electron chi connectivity index (χ2n) is 10.2. The lowest BCUT2D eigenvalue weighted by molar-refractivity contribution is 0.0771. The van der Waals surface area contributed by atoms with Crippen LogP contribution in [0.4, 0.5) is 4.79 Å². The Bertz CT molecular complexity index is 947. The Morgan fingerprint density at radius 1 is 1.03 bits per heavy atom. The predicted molar refractivity (Wildman–Crippen MR) is 133 cm³/mol. The van der Waals surface area contributed by atoms with Crippen molar-refractivity contribution < 1.29 is 19.2 Å². The summed E-state index contributed by atoms with van der Waals surface area (Å²) in [5.41, 5.74) is 2.22. The van der Waals surface area contributed by atoms with Gasteiger partial charge in [0.25, 0.3) is 5.91 Å². The van der Waals surface area contributed by atoms with Crippen LogP contribution in [0.15, 0.2) is 34.9 Å². The summed E-state index contributed by atoms with van der Waals surface area (Å²) in [6, 6.07) is 9.47. The minimum atomic E-state index is -1.00. The molecule has 35 heavy (non-hydrogen) atoms. The zero-order valence-corrected chi connectivity index (χ0v) is 20.9. The van der Waals surface area contributed by atoms with Crippen molar-refractivity contribution in [3.8, 4) is 0 Å². The van der Waals surface area contributed by atoms with Gasteiger partial charge in [-0.15, -0.1) is 0 Å². The van der Waals surface area contributed by atoms with Gasteiger partial charge in [-0.2, -0.15) is 0 Å². The van der Waals surface area contributed by atoms with Gasteiger partial charge >= 0.3 is 6.09 Å². The number of nitrogens with one attached hydrogen (secondary N) is 1. The first-order valence-electron chi connectivity index (χ1n) is 12.9. The summed E-state index contributed by atoms with van der Waals surface area (Å²) in [7, 11) is 0. The molecule has 5 rings (SSSR count). The fourth-order valence-corrected chi connectivity index (χ4v) is 5.74. The van der Waals surface area contributed by atoms with Gasteiger partial charge in [-0.1, -0.05) is 67.6 Å². The smallest absolute Gasteiger partial charge is 0.405 e. The maximum atomic E-state index is 12.9. The molecule has 0 radical (unpaired) electrons. The number of aryl methyl sites for hydroxylation is 2. The zero-order chi connectivity index (χ0) is 24.8. The SMILES string of the molecule is C1CCCC1.Cc1noc(C)c1C(=O)N1CC2CN(CCC(NC(=O)O)c3ccccc3)C[C@H]2C1. The van der Waals surface area contributed by atoms with Crippen LogP contribution in [0.25, 0.3) is 0 Å². The fraction of sp³-hybridized carbons (Fsp3) is 0.593.